The van der Waals surface area contributed by atoms with Gasteiger partial charge in [-0.25, -0.2) is 18.1 Å². The number of nitrogens with one attached hydrogen (secondary N) is 4. The number of amides is 1. The Balaban J connectivity index is 1.52. The van der Waals surface area contributed by atoms with E-state index in [1.54, 1.807) is 6.20 Å². The van der Waals surface area contributed by atoms with Crippen LogP contribution in [0.5, 0.6) is 0 Å². The number of nitrogens with zero attached hydrogens (tertiary/aromatic N) is 2. The molecule has 2 atom stereocenters. The van der Waals surface area contributed by atoms with Gasteiger partial charge in [0, 0.05) is 30.4 Å². The van der Waals surface area contributed by atoms with Gasteiger partial charge in [0.1, 0.15) is 5.02 Å². The fourth-order valence-corrected chi connectivity index (χ4v) is 5.26. The first-order valence-corrected chi connectivity index (χ1v) is 13.2. The van der Waals surface area contributed by atoms with Gasteiger partial charge >= 0.3 is 0 Å². The Labute approximate surface area is 206 Å². The Morgan fingerprint density at radius 3 is 2.82 bits per heavy atom. The van der Waals surface area contributed by atoms with E-state index in [0.29, 0.717) is 29.8 Å². The predicted octanol–water partition coefficient (Wildman–Crippen LogP) is 3.97. The van der Waals surface area contributed by atoms with Gasteiger partial charge in [0.25, 0.3) is 0 Å². The Kier molecular flexibility index (Phi) is 7.59. The first-order valence-electron chi connectivity index (χ1n) is 11.6. The molecular weight excluding hydrogens is 476 g/mol. The normalized spacial score (nSPS) is 21.9. The molecule has 2 aromatic rings. The van der Waals surface area contributed by atoms with Gasteiger partial charge in [-0.2, -0.15) is 4.98 Å². The molecule has 1 fully saturated rings. The number of benzene rings is 1. The van der Waals surface area contributed by atoms with Gasteiger partial charge in [-0.15, -0.1) is 0 Å². The molecule has 9 nitrogen and oxygen atoms in total. The van der Waals surface area contributed by atoms with E-state index in [-0.39, 0.29) is 23.3 Å². The SMILES string of the molecule is CC1(C)CCC(=O)Nc2ccc(Nc3ncc(Cl)c(N[C@@H]4CCCC[C@@H]4CN[SH](=O)=O)n3)cc21. The average molecular weight is 507 g/mol. The molecule has 1 amide bonds. The van der Waals surface area contributed by atoms with Crippen LogP contribution in [0.15, 0.2) is 24.4 Å². The highest BCUT2D eigenvalue weighted by Gasteiger charge is 2.29. The van der Waals surface area contributed by atoms with Crippen LogP contribution in [-0.2, 0) is 21.1 Å². The highest BCUT2D eigenvalue weighted by molar-refractivity contribution is 7.70. The molecule has 1 aromatic heterocycles. The third kappa shape index (κ3) is 5.97. The largest absolute Gasteiger partial charge is 0.366 e. The summed E-state index contributed by atoms with van der Waals surface area (Å²) in [6.45, 7) is 4.66. The van der Waals surface area contributed by atoms with E-state index in [0.717, 1.165) is 49.0 Å². The molecule has 4 N–H and O–H groups in total. The van der Waals surface area contributed by atoms with Crippen molar-refractivity contribution < 1.29 is 13.2 Å². The standard InChI is InChI=1S/C23H31ClN6O3S/c1-23(2)10-9-20(31)28-19-8-7-15(11-16(19)23)27-22-25-13-17(24)21(30-22)29-18-6-4-3-5-14(18)12-26-34(32)33/h7-8,11,13-14,18,34H,3-6,9-10,12H2,1-2H3,(H,28,31)(H,26,32,33)(H2,25,27,29,30)/t14-,18-/m1/s1. The summed E-state index contributed by atoms with van der Waals surface area (Å²) >= 11 is 6.39. The number of carbonyl (C=O) groups is 1. The monoisotopic (exact) mass is 506 g/mol. The minimum Gasteiger partial charge on any atom is -0.366 e. The third-order valence-electron chi connectivity index (χ3n) is 6.71. The molecule has 0 unspecified atom stereocenters. The summed E-state index contributed by atoms with van der Waals surface area (Å²) in [6, 6.07) is 5.88. The summed E-state index contributed by atoms with van der Waals surface area (Å²) in [5, 5.41) is 10.1. The van der Waals surface area contributed by atoms with Crippen molar-refractivity contribution in [1.82, 2.24) is 14.7 Å². The van der Waals surface area contributed by atoms with Crippen molar-refractivity contribution >= 4 is 51.5 Å². The molecule has 1 aliphatic carbocycles. The lowest BCUT2D eigenvalue weighted by Gasteiger charge is -2.32. The number of hydrogen-bond acceptors (Lipinski definition) is 7. The van der Waals surface area contributed by atoms with Crippen LogP contribution in [0, 0.1) is 5.92 Å². The summed E-state index contributed by atoms with van der Waals surface area (Å²) in [5.41, 5.74) is 2.55. The zero-order valence-corrected chi connectivity index (χ0v) is 21.0. The lowest BCUT2D eigenvalue weighted by Crippen LogP contribution is -2.38. The van der Waals surface area contributed by atoms with Gasteiger partial charge in [-0.1, -0.05) is 38.3 Å². The summed E-state index contributed by atoms with van der Waals surface area (Å²) in [4.78, 5) is 21.0. The van der Waals surface area contributed by atoms with Crippen molar-refractivity contribution in [3.63, 3.8) is 0 Å². The molecule has 0 bridgehead atoms. The zero-order valence-electron chi connectivity index (χ0n) is 19.4. The average Bonchev–Trinajstić information content (AvgIpc) is 2.91. The van der Waals surface area contributed by atoms with Crippen LogP contribution < -0.4 is 20.7 Å². The van der Waals surface area contributed by atoms with Crippen molar-refractivity contribution in [3.05, 3.63) is 35.0 Å². The van der Waals surface area contributed by atoms with Crippen LogP contribution in [0.2, 0.25) is 5.02 Å². The Morgan fingerprint density at radius 2 is 2.03 bits per heavy atom. The maximum absolute atomic E-state index is 12.0. The van der Waals surface area contributed by atoms with Crippen molar-refractivity contribution in [2.45, 2.75) is 63.8 Å². The molecule has 1 saturated carbocycles. The maximum atomic E-state index is 12.0. The number of thiol groups is 1. The molecule has 4 rings (SSSR count). The number of fused-ring (bicyclic) bond motifs is 1. The molecule has 2 heterocycles. The number of aromatic nitrogens is 2. The lowest BCUT2D eigenvalue weighted by molar-refractivity contribution is -0.116. The van der Waals surface area contributed by atoms with Gasteiger partial charge in [-0.05, 0) is 54.4 Å². The van der Waals surface area contributed by atoms with E-state index in [2.05, 4.69) is 44.5 Å². The van der Waals surface area contributed by atoms with Crippen molar-refractivity contribution in [1.29, 1.82) is 0 Å². The van der Waals surface area contributed by atoms with E-state index in [4.69, 9.17) is 11.6 Å². The molecule has 11 heteroatoms. The maximum Gasteiger partial charge on any atom is 0.229 e. The van der Waals surface area contributed by atoms with Crippen LogP contribution in [0.4, 0.5) is 23.1 Å². The van der Waals surface area contributed by atoms with Crippen molar-refractivity contribution in [2.75, 3.05) is 22.5 Å². The second kappa shape index (κ2) is 10.5. The van der Waals surface area contributed by atoms with E-state index in [9.17, 15) is 13.2 Å². The molecule has 0 spiro atoms. The molecule has 1 aromatic carbocycles. The van der Waals surface area contributed by atoms with Gasteiger partial charge < -0.3 is 16.0 Å². The minimum atomic E-state index is -2.62. The molecular formula is C23H31ClN6O3S. The Hall–Kier alpha value is -2.43. The first-order chi connectivity index (χ1) is 16.2. The van der Waals surface area contributed by atoms with Gasteiger partial charge in [0.2, 0.25) is 22.7 Å². The predicted molar refractivity (Wildman–Crippen MR) is 135 cm³/mol. The van der Waals surface area contributed by atoms with Gasteiger partial charge in [0.05, 0.1) is 6.20 Å². The van der Waals surface area contributed by atoms with E-state index < -0.39 is 10.9 Å². The second-order valence-electron chi connectivity index (χ2n) is 9.62. The number of halogens is 1. The smallest absolute Gasteiger partial charge is 0.229 e. The number of hydrogen-bond donors (Lipinski definition) is 5. The number of rotatable bonds is 7. The van der Waals surface area contributed by atoms with Crippen LogP contribution in [0.1, 0.15) is 57.9 Å². The first kappa shape index (κ1) is 24.7. The van der Waals surface area contributed by atoms with E-state index in [1.165, 1.54) is 0 Å². The van der Waals surface area contributed by atoms with Crippen LogP contribution in [-0.4, -0.2) is 36.9 Å². The fourth-order valence-electron chi connectivity index (χ4n) is 4.73. The van der Waals surface area contributed by atoms with Crippen molar-refractivity contribution in [2.24, 2.45) is 5.92 Å². The summed E-state index contributed by atoms with van der Waals surface area (Å²) < 4.78 is 24.5. The van der Waals surface area contributed by atoms with Crippen LogP contribution in [0.25, 0.3) is 0 Å². The zero-order chi connectivity index (χ0) is 24.3. The highest BCUT2D eigenvalue weighted by atomic mass is 35.5. The third-order valence-corrected chi connectivity index (χ3v) is 7.43. The second-order valence-corrected chi connectivity index (χ2v) is 10.9. The Bertz CT molecular complexity index is 1130. The summed E-state index contributed by atoms with van der Waals surface area (Å²) in [7, 11) is -2.62. The molecule has 2 aliphatic rings. The Morgan fingerprint density at radius 1 is 1.24 bits per heavy atom. The molecule has 0 radical (unpaired) electrons. The molecule has 34 heavy (non-hydrogen) atoms. The van der Waals surface area contributed by atoms with Gasteiger partial charge in [-0.3, -0.25) is 4.79 Å². The molecule has 0 saturated heterocycles. The van der Waals surface area contributed by atoms with E-state index in [1.807, 2.05) is 18.2 Å². The summed E-state index contributed by atoms with van der Waals surface area (Å²) in [5.74, 6) is 1.11. The fraction of sp³-hybridized carbons (Fsp3) is 0.522. The van der Waals surface area contributed by atoms with Gasteiger partial charge in [0.15, 0.2) is 5.82 Å². The van der Waals surface area contributed by atoms with Crippen LogP contribution >= 0.6 is 11.6 Å². The number of anilines is 4. The quantitative estimate of drug-likeness (QED) is 0.360. The summed E-state index contributed by atoms with van der Waals surface area (Å²) in [6.07, 6.45) is 6.78. The van der Waals surface area contributed by atoms with Crippen LogP contribution in [0.3, 0.4) is 0 Å². The number of carbonyl (C=O) groups excluding carboxylic acids is 1. The molecule has 184 valence electrons. The lowest BCUT2D eigenvalue weighted by atomic mass is 9.80. The molecule has 1 aliphatic heterocycles. The topological polar surface area (TPSA) is 125 Å². The van der Waals surface area contributed by atoms with E-state index >= 15 is 0 Å². The minimum absolute atomic E-state index is 0.0302. The van der Waals surface area contributed by atoms with Crippen molar-refractivity contribution in [3.8, 4) is 0 Å². The highest BCUT2D eigenvalue weighted by Crippen LogP contribution is 2.38.